The van der Waals surface area contributed by atoms with E-state index in [-0.39, 0.29) is 0 Å². The summed E-state index contributed by atoms with van der Waals surface area (Å²) in [4.78, 5) is 15.5. The standard InChI is InChI=1S/C47H28N4/c1-2-11-32(12-3-1)45-48-46(33-23-20-30(21-24-33)35-25-22-29-10-4-5-13-34(29)28-35)50-47(49-45)51-40-19-9-18-39-37-16-7-6-15-36(37)38-17-8-14-31-26-27-41(51)44(42(31)38)43(39)40/h1-28H. The lowest BCUT2D eigenvalue weighted by molar-refractivity contribution is 0.953. The highest BCUT2D eigenvalue weighted by Crippen LogP contribution is 2.49. The van der Waals surface area contributed by atoms with E-state index in [1.54, 1.807) is 0 Å². The van der Waals surface area contributed by atoms with Crippen molar-refractivity contribution in [2.45, 2.75) is 0 Å². The summed E-state index contributed by atoms with van der Waals surface area (Å²) in [5.74, 6) is 1.87. The minimum Gasteiger partial charge on any atom is -0.278 e. The molecule has 2 heterocycles. The molecule has 0 saturated heterocycles. The van der Waals surface area contributed by atoms with E-state index in [0.29, 0.717) is 17.6 Å². The molecular weight excluding hydrogens is 621 g/mol. The third-order valence-electron chi connectivity index (χ3n) is 10.4. The van der Waals surface area contributed by atoms with Crippen LogP contribution in [0.1, 0.15) is 0 Å². The second kappa shape index (κ2) is 10.8. The number of rotatable bonds is 4. The first-order valence-electron chi connectivity index (χ1n) is 17.3. The zero-order valence-corrected chi connectivity index (χ0v) is 27.5. The highest BCUT2D eigenvalue weighted by Gasteiger charge is 2.25. The number of benzene rings is 8. The molecule has 236 valence electrons. The summed E-state index contributed by atoms with van der Waals surface area (Å²) in [7, 11) is 0. The van der Waals surface area contributed by atoms with Gasteiger partial charge in [-0.15, -0.1) is 0 Å². The van der Waals surface area contributed by atoms with Crippen molar-refractivity contribution in [3.05, 3.63) is 170 Å². The summed E-state index contributed by atoms with van der Waals surface area (Å²) in [6.45, 7) is 0. The molecule has 0 amide bonds. The maximum atomic E-state index is 5.25. The lowest BCUT2D eigenvalue weighted by Crippen LogP contribution is -2.06. The summed E-state index contributed by atoms with van der Waals surface area (Å²) in [6.07, 6.45) is 0. The lowest BCUT2D eigenvalue weighted by Gasteiger charge is -2.14. The smallest absolute Gasteiger partial charge is 0.238 e. The van der Waals surface area contributed by atoms with Gasteiger partial charge in [-0.2, -0.15) is 9.97 Å². The predicted octanol–water partition coefficient (Wildman–Crippen LogP) is 11.9. The van der Waals surface area contributed by atoms with Gasteiger partial charge in [0.05, 0.1) is 11.0 Å². The number of hydrogen-bond acceptors (Lipinski definition) is 3. The largest absolute Gasteiger partial charge is 0.278 e. The SMILES string of the molecule is c1ccc(-c2nc(-c3ccc(-c4ccc5ccccc5c4)cc3)nc(-n3c4cccc5c4c4c6c(cccc6ccc43)-c3ccccc3-5)n2)cc1. The van der Waals surface area contributed by atoms with E-state index in [2.05, 4.69) is 156 Å². The Kier molecular flexibility index (Phi) is 5.92. The average Bonchev–Trinajstić information content (AvgIpc) is 3.49. The first kappa shape index (κ1) is 28.0. The predicted molar refractivity (Wildman–Crippen MR) is 210 cm³/mol. The molecule has 10 aromatic rings. The molecule has 0 spiro atoms. The van der Waals surface area contributed by atoms with Gasteiger partial charge in [-0.25, -0.2) is 4.98 Å². The number of hydrogen-bond donors (Lipinski definition) is 0. The fourth-order valence-electron chi connectivity index (χ4n) is 8.03. The molecule has 51 heavy (non-hydrogen) atoms. The maximum absolute atomic E-state index is 5.25. The molecular formula is C47H28N4. The third-order valence-corrected chi connectivity index (χ3v) is 10.4. The summed E-state index contributed by atoms with van der Waals surface area (Å²) >= 11 is 0. The van der Waals surface area contributed by atoms with Gasteiger partial charge in [0.2, 0.25) is 5.95 Å². The Morgan fingerprint density at radius 1 is 0.314 bits per heavy atom. The van der Waals surface area contributed by atoms with Crippen molar-refractivity contribution in [1.29, 1.82) is 0 Å². The molecule has 0 aliphatic heterocycles. The molecule has 8 aromatic carbocycles. The Labute approximate surface area is 294 Å². The fraction of sp³-hybridized carbons (Fsp3) is 0. The molecule has 0 radical (unpaired) electrons. The van der Waals surface area contributed by atoms with Crippen LogP contribution in [0.15, 0.2) is 170 Å². The third kappa shape index (κ3) is 4.23. The number of nitrogens with zero attached hydrogens (tertiary/aromatic N) is 4. The van der Waals surface area contributed by atoms with Crippen LogP contribution in [0.2, 0.25) is 0 Å². The summed E-state index contributed by atoms with van der Waals surface area (Å²) < 4.78 is 2.24. The summed E-state index contributed by atoms with van der Waals surface area (Å²) in [5, 5.41) is 7.40. The van der Waals surface area contributed by atoms with Gasteiger partial charge in [0.1, 0.15) is 0 Å². The molecule has 2 aromatic heterocycles. The zero-order valence-electron chi connectivity index (χ0n) is 27.5. The molecule has 0 unspecified atom stereocenters. The lowest BCUT2D eigenvalue weighted by atomic mass is 9.93. The van der Waals surface area contributed by atoms with E-state index in [1.165, 1.54) is 60.1 Å². The molecule has 0 bridgehead atoms. The van der Waals surface area contributed by atoms with Crippen LogP contribution in [0.4, 0.5) is 0 Å². The van der Waals surface area contributed by atoms with Crippen molar-refractivity contribution in [1.82, 2.24) is 19.5 Å². The Morgan fingerprint density at radius 2 is 0.863 bits per heavy atom. The molecule has 1 aliphatic rings. The molecule has 11 rings (SSSR count). The van der Waals surface area contributed by atoms with Crippen LogP contribution in [-0.4, -0.2) is 19.5 Å². The van der Waals surface area contributed by atoms with Crippen molar-refractivity contribution in [2.75, 3.05) is 0 Å². The average molecular weight is 649 g/mol. The van der Waals surface area contributed by atoms with E-state index in [9.17, 15) is 0 Å². The van der Waals surface area contributed by atoms with Crippen molar-refractivity contribution < 1.29 is 0 Å². The van der Waals surface area contributed by atoms with Crippen LogP contribution in [0.25, 0.3) is 105 Å². The van der Waals surface area contributed by atoms with Gasteiger partial charge in [-0.3, -0.25) is 4.57 Å². The van der Waals surface area contributed by atoms with Gasteiger partial charge in [0.15, 0.2) is 11.6 Å². The van der Waals surface area contributed by atoms with Gasteiger partial charge in [0, 0.05) is 21.9 Å². The van der Waals surface area contributed by atoms with Crippen LogP contribution in [0.3, 0.4) is 0 Å². The van der Waals surface area contributed by atoms with E-state index >= 15 is 0 Å². The topological polar surface area (TPSA) is 43.6 Å². The van der Waals surface area contributed by atoms with Gasteiger partial charge < -0.3 is 0 Å². The van der Waals surface area contributed by atoms with Crippen molar-refractivity contribution >= 4 is 43.4 Å². The van der Waals surface area contributed by atoms with Crippen molar-refractivity contribution in [3.63, 3.8) is 0 Å². The minimum atomic E-state index is 0.597. The fourth-order valence-corrected chi connectivity index (χ4v) is 8.03. The van der Waals surface area contributed by atoms with Crippen LogP contribution < -0.4 is 0 Å². The second-order valence-electron chi connectivity index (χ2n) is 13.2. The molecule has 0 fully saturated rings. The molecule has 0 saturated carbocycles. The number of aromatic nitrogens is 4. The molecule has 4 heteroatoms. The Bertz CT molecular complexity index is 3010. The normalized spacial score (nSPS) is 11.9. The maximum Gasteiger partial charge on any atom is 0.238 e. The first-order chi connectivity index (χ1) is 25.3. The zero-order chi connectivity index (χ0) is 33.5. The van der Waals surface area contributed by atoms with Crippen LogP contribution in [-0.2, 0) is 0 Å². The Balaban J connectivity index is 1.15. The summed E-state index contributed by atoms with van der Waals surface area (Å²) in [6, 6.07) is 60.3. The van der Waals surface area contributed by atoms with Gasteiger partial charge in [0.25, 0.3) is 0 Å². The monoisotopic (exact) mass is 648 g/mol. The Morgan fingerprint density at radius 3 is 1.65 bits per heavy atom. The van der Waals surface area contributed by atoms with E-state index in [0.717, 1.165) is 27.7 Å². The summed E-state index contributed by atoms with van der Waals surface area (Å²) in [5.41, 5.74) is 11.3. The molecule has 0 atom stereocenters. The van der Waals surface area contributed by atoms with Crippen LogP contribution >= 0.6 is 0 Å². The van der Waals surface area contributed by atoms with Gasteiger partial charge >= 0.3 is 0 Å². The quantitative estimate of drug-likeness (QED) is 0.191. The van der Waals surface area contributed by atoms with Crippen molar-refractivity contribution in [2.24, 2.45) is 0 Å². The van der Waals surface area contributed by atoms with Crippen LogP contribution in [0.5, 0.6) is 0 Å². The van der Waals surface area contributed by atoms with Gasteiger partial charge in [-0.1, -0.05) is 152 Å². The van der Waals surface area contributed by atoms with E-state index in [1.807, 2.05) is 18.2 Å². The van der Waals surface area contributed by atoms with Crippen LogP contribution in [0, 0.1) is 0 Å². The van der Waals surface area contributed by atoms with Crippen molar-refractivity contribution in [3.8, 4) is 62.1 Å². The van der Waals surface area contributed by atoms with E-state index in [4.69, 9.17) is 15.0 Å². The highest BCUT2D eigenvalue weighted by molar-refractivity contribution is 6.30. The molecule has 0 N–H and O–H groups in total. The number of fused-ring (bicyclic) bond motifs is 4. The first-order valence-corrected chi connectivity index (χ1v) is 17.3. The Hall–Kier alpha value is -6.91. The second-order valence-corrected chi connectivity index (χ2v) is 13.2. The van der Waals surface area contributed by atoms with Gasteiger partial charge in [-0.05, 0) is 73.1 Å². The highest BCUT2D eigenvalue weighted by atomic mass is 15.2. The minimum absolute atomic E-state index is 0.597. The van der Waals surface area contributed by atoms with E-state index < -0.39 is 0 Å². The molecule has 1 aliphatic carbocycles. The molecule has 4 nitrogen and oxygen atoms in total.